The highest BCUT2D eigenvalue weighted by atomic mass is 19.4. The van der Waals surface area contributed by atoms with Crippen LogP contribution in [0.4, 0.5) is 37.8 Å². The van der Waals surface area contributed by atoms with E-state index in [4.69, 9.17) is 14.9 Å². The van der Waals surface area contributed by atoms with E-state index in [1.54, 1.807) is 30.3 Å². The number of ether oxygens (including phenoxy) is 1. The van der Waals surface area contributed by atoms with Gasteiger partial charge in [-0.1, -0.05) is 36.8 Å². The maximum atomic E-state index is 14.7. The van der Waals surface area contributed by atoms with E-state index in [0.717, 1.165) is 0 Å². The Bertz CT molecular complexity index is 1280. The van der Waals surface area contributed by atoms with Gasteiger partial charge in [-0.2, -0.15) is 26.3 Å². The number of alkyl halides is 6. The number of hydrogen-bond acceptors (Lipinski definition) is 7. The molecular weight excluding hydrogens is 516 g/mol. The quantitative estimate of drug-likeness (QED) is 0.401. The standard InChI is InChI=1S/C25H25F6N5O2/c26-24(27,28)17-12-18(32)19-21-34-35-22(38-21)23(25(29,30)31,37-14-16-7-2-1-3-8-16)10-5-4-6-15-9-11-36(13-15)20(17)33-19/h1-3,7-8,12,15H,4-6,9-11,13-14,32H2. The molecule has 2 aromatic heterocycles. The van der Waals surface area contributed by atoms with Crippen molar-refractivity contribution in [2.24, 2.45) is 5.92 Å². The lowest BCUT2D eigenvalue weighted by atomic mass is 9.92. The summed E-state index contributed by atoms with van der Waals surface area (Å²) in [7, 11) is 0. The molecule has 0 aliphatic carbocycles. The second-order valence-corrected chi connectivity index (χ2v) is 9.65. The average Bonchev–Trinajstić information content (AvgIpc) is 3.53. The molecular formula is C25H25F6N5O2. The third-order valence-electron chi connectivity index (χ3n) is 7.07. The normalized spacial score (nSPS) is 22.4. The Morgan fingerprint density at radius 1 is 1.05 bits per heavy atom. The van der Waals surface area contributed by atoms with Crippen molar-refractivity contribution in [2.75, 3.05) is 23.7 Å². The second-order valence-electron chi connectivity index (χ2n) is 9.65. The van der Waals surface area contributed by atoms with Crippen molar-refractivity contribution in [2.45, 2.75) is 56.7 Å². The molecule has 2 aliphatic heterocycles. The van der Waals surface area contributed by atoms with Crippen LogP contribution in [0.25, 0.3) is 11.6 Å². The zero-order valence-electron chi connectivity index (χ0n) is 20.1. The smallest absolute Gasteiger partial charge is 0.416 e. The molecule has 0 amide bonds. The number of nitrogen functional groups attached to an aromatic ring is 1. The molecule has 1 fully saturated rings. The lowest BCUT2D eigenvalue weighted by molar-refractivity contribution is -0.300. The van der Waals surface area contributed by atoms with E-state index < -0.39 is 47.4 Å². The molecule has 5 rings (SSSR count). The number of benzene rings is 1. The summed E-state index contributed by atoms with van der Waals surface area (Å²) in [5, 5.41) is 7.38. The van der Waals surface area contributed by atoms with Crippen molar-refractivity contribution >= 4 is 11.5 Å². The molecule has 1 aromatic carbocycles. The first kappa shape index (κ1) is 26.3. The summed E-state index contributed by atoms with van der Waals surface area (Å²) in [6, 6.07) is 9.06. The van der Waals surface area contributed by atoms with E-state index in [0.29, 0.717) is 44.0 Å². The molecule has 13 heteroatoms. The van der Waals surface area contributed by atoms with Crippen LogP contribution in [0.3, 0.4) is 0 Å². The number of pyridine rings is 1. The SMILES string of the molecule is Nc1cc(C(F)(F)F)c2nc1-c1nnc(o1)C(OCc1ccccc1)(C(F)(F)F)CCCCC1CCN2C1. The van der Waals surface area contributed by atoms with E-state index in [1.807, 2.05) is 0 Å². The molecule has 0 saturated carbocycles. The average molecular weight is 541 g/mol. The number of aromatic nitrogens is 3. The minimum absolute atomic E-state index is 0.00926. The number of anilines is 2. The van der Waals surface area contributed by atoms with Crippen LogP contribution in [0.5, 0.6) is 0 Å². The van der Waals surface area contributed by atoms with Gasteiger partial charge in [-0.25, -0.2) is 4.98 Å². The van der Waals surface area contributed by atoms with E-state index in [9.17, 15) is 26.3 Å². The van der Waals surface area contributed by atoms with Crippen molar-refractivity contribution in [3.05, 3.63) is 53.4 Å². The highest BCUT2D eigenvalue weighted by molar-refractivity contribution is 5.71. The van der Waals surface area contributed by atoms with Gasteiger partial charge in [0.25, 0.3) is 11.8 Å². The van der Waals surface area contributed by atoms with Gasteiger partial charge in [0.2, 0.25) is 5.60 Å². The van der Waals surface area contributed by atoms with Crippen LogP contribution in [0, 0.1) is 5.92 Å². The van der Waals surface area contributed by atoms with E-state index in [2.05, 4.69) is 15.2 Å². The number of hydrogen-bond donors (Lipinski definition) is 1. The Morgan fingerprint density at radius 2 is 1.82 bits per heavy atom. The molecule has 7 nitrogen and oxygen atoms in total. The topological polar surface area (TPSA) is 90.3 Å². The van der Waals surface area contributed by atoms with Gasteiger partial charge in [0.1, 0.15) is 11.4 Å². The highest BCUT2D eigenvalue weighted by Gasteiger charge is 2.61. The first-order valence-electron chi connectivity index (χ1n) is 12.2. The molecule has 2 atom stereocenters. The van der Waals surface area contributed by atoms with Crippen LogP contribution < -0.4 is 10.6 Å². The molecule has 2 N–H and O–H groups in total. The summed E-state index contributed by atoms with van der Waals surface area (Å²) < 4.78 is 96.9. The van der Waals surface area contributed by atoms with E-state index in [1.165, 1.54) is 4.90 Å². The zero-order valence-corrected chi connectivity index (χ0v) is 20.1. The highest BCUT2D eigenvalue weighted by Crippen LogP contribution is 2.48. The number of nitrogens with two attached hydrogens (primary N) is 1. The third-order valence-corrected chi connectivity index (χ3v) is 7.07. The number of nitrogens with zero attached hydrogens (tertiary/aromatic N) is 4. The number of rotatable bonds is 3. The van der Waals surface area contributed by atoms with Gasteiger partial charge in [-0.15, -0.1) is 10.2 Å². The first-order chi connectivity index (χ1) is 18.0. The molecule has 2 unspecified atom stereocenters. The fourth-order valence-corrected chi connectivity index (χ4v) is 5.06. The Hall–Kier alpha value is -3.35. The summed E-state index contributed by atoms with van der Waals surface area (Å²) in [4.78, 5) is 5.65. The van der Waals surface area contributed by atoms with Crippen LogP contribution in [0.1, 0.15) is 49.1 Å². The van der Waals surface area contributed by atoms with Gasteiger partial charge < -0.3 is 19.8 Å². The maximum Gasteiger partial charge on any atom is 0.426 e. The summed E-state index contributed by atoms with van der Waals surface area (Å²) in [5.41, 5.74) is 1.70. The predicted molar refractivity (Wildman–Crippen MR) is 125 cm³/mol. The van der Waals surface area contributed by atoms with Crippen LogP contribution in [-0.4, -0.2) is 34.4 Å². The van der Waals surface area contributed by atoms with Gasteiger partial charge >= 0.3 is 12.4 Å². The molecule has 2 aliphatic rings. The number of halogens is 6. The maximum absolute atomic E-state index is 14.7. The second kappa shape index (κ2) is 9.75. The Kier molecular flexibility index (Phi) is 6.74. The largest absolute Gasteiger partial charge is 0.426 e. The molecule has 6 bridgehead atoms. The molecule has 1 saturated heterocycles. The summed E-state index contributed by atoms with van der Waals surface area (Å²) >= 11 is 0. The Balaban J connectivity index is 1.63. The van der Waals surface area contributed by atoms with E-state index >= 15 is 0 Å². The zero-order chi connectivity index (χ0) is 27.1. The minimum Gasteiger partial charge on any atom is -0.416 e. The monoisotopic (exact) mass is 541 g/mol. The Morgan fingerprint density at radius 3 is 2.53 bits per heavy atom. The fourth-order valence-electron chi connectivity index (χ4n) is 5.06. The van der Waals surface area contributed by atoms with Crippen LogP contribution in [0.15, 0.2) is 40.8 Å². The van der Waals surface area contributed by atoms with Gasteiger partial charge in [0.05, 0.1) is 12.3 Å². The third kappa shape index (κ3) is 4.91. The van der Waals surface area contributed by atoms with Crippen LogP contribution in [-0.2, 0) is 23.1 Å². The van der Waals surface area contributed by atoms with E-state index in [-0.39, 0.29) is 30.5 Å². The molecule has 0 radical (unpaired) electrons. The molecule has 0 spiro atoms. The molecule has 204 valence electrons. The predicted octanol–water partition coefficient (Wildman–Crippen LogP) is 6.11. The van der Waals surface area contributed by atoms with Crippen molar-refractivity contribution in [3.8, 4) is 11.6 Å². The lowest BCUT2D eigenvalue weighted by Crippen LogP contribution is -2.45. The lowest BCUT2D eigenvalue weighted by Gasteiger charge is -2.33. The first-order valence-corrected chi connectivity index (χ1v) is 12.2. The van der Waals surface area contributed by atoms with Gasteiger partial charge in [0, 0.05) is 13.1 Å². The van der Waals surface area contributed by atoms with Crippen molar-refractivity contribution < 1.29 is 35.5 Å². The van der Waals surface area contributed by atoms with Gasteiger partial charge in [0.15, 0.2) is 5.69 Å². The van der Waals surface area contributed by atoms with Crippen LogP contribution in [0.2, 0.25) is 0 Å². The molecule has 3 aromatic rings. The fraction of sp³-hybridized carbons (Fsp3) is 0.480. The minimum atomic E-state index is -4.93. The van der Waals surface area contributed by atoms with Crippen molar-refractivity contribution in [1.82, 2.24) is 15.2 Å². The van der Waals surface area contributed by atoms with Crippen molar-refractivity contribution in [1.29, 1.82) is 0 Å². The van der Waals surface area contributed by atoms with Crippen LogP contribution >= 0.6 is 0 Å². The summed E-state index contributed by atoms with van der Waals surface area (Å²) in [6.45, 7) is 0.246. The molecule has 4 heterocycles. The molecule has 38 heavy (non-hydrogen) atoms. The number of fused-ring (bicyclic) bond motifs is 8. The summed E-state index contributed by atoms with van der Waals surface area (Å²) in [6.07, 6.45) is -8.46. The van der Waals surface area contributed by atoms with Gasteiger partial charge in [-0.3, -0.25) is 0 Å². The van der Waals surface area contributed by atoms with Crippen molar-refractivity contribution in [3.63, 3.8) is 0 Å². The van der Waals surface area contributed by atoms with Gasteiger partial charge in [-0.05, 0) is 43.2 Å². The Labute approximate surface area is 214 Å². The summed E-state index contributed by atoms with van der Waals surface area (Å²) in [5.74, 6) is -1.71.